The molecule has 1 aromatic carbocycles. The molecule has 0 amide bonds. The SMILES string of the molecule is CC.CC.Cc1nc2cc(Cl)c(C)cc2[nH]1. The second-order valence-electron chi connectivity index (χ2n) is 2.94. The molecule has 0 bridgehead atoms. The molecule has 2 rings (SSSR count). The molecule has 90 valence electrons. The van der Waals surface area contributed by atoms with Gasteiger partial charge in [-0.3, -0.25) is 0 Å². The molecule has 0 fully saturated rings. The molecule has 16 heavy (non-hydrogen) atoms. The maximum absolute atomic E-state index is 5.94. The third-order valence-corrected chi connectivity index (χ3v) is 2.29. The zero-order valence-corrected chi connectivity index (χ0v) is 11.7. The molecular formula is C13H21ClN2. The zero-order valence-electron chi connectivity index (χ0n) is 11.0. The van der Waals surface area contributed by atoms with Gasteiger partial charge in [-0.1, -0.05) is 39.3 Å². The molecule has 0 saturated carbocycles. The van der Waals surface area contributed by atoms with Gasteiger partial charge < -0.3 is 4.98 Å². The summed E-state index contributed by atoms with van der Waals surface area (Å²) in [7, 11) is 0. The normalized spacial score (nSPS) is 8.94. The second-order valence-corrected chi connectivity index (χ2v) is 3.35. The van der Waals surface area contributed by atoms with Gasteiger partial charge in [0.1, 0.15) is 5.82 Å². The summed E-state index contributed by atoms with van der Waals surface area (Å²) in [6.45, 7) is 11.9. The van der Waals surface area contributed by atoms with Gasteiger partial charge in [-0.05, 0) is 31.5 Å². The van der Waals surface area contributed by atoms with Crippen molar-refractivity contribution in [3.8, 4) is 0 Å². The number of hydrogen-bond acceptors (Lipinski definition) is 1. The van der Waals surface area contributed by atoms with E-state index < -0.39 is 0 Å². The molecular weight excluding hydrogens is 220 g/mol. The lowest BCUT2D eigenvalue weighted by Crippen LogP contribution is -1.75. The monoisotopic (exact) mass is 240 g/mol. The molecule has 0 aliphatic carbocycles. The van der Waals surface area contributed by atoms with E-state index >= 15 is 0 Å². The number of aromatic amines is 1. The maximum Gasteiger partial charge on any atom is 0.104 e. The Hall–Kier alpha value is -1.02. The molecule has 2 aromatic rings. The van der Waals surface area contributed by atoms with Crippen LogP contribution in [0.25, 0.3) is 11.0 Å². The second kappa shape index (κ2) is 7.29. The molecule has 2 nitrogen and oxygen atoms in total. The first-order valence-corrected chi connectivity index (χ1v) is 6.17. The van der Waals surface area contributed by atoms with Gasteiger partial charge in [-0.25, -0.2) is 4.98 Å². The lowest BCUT2D eigenvalue weighted by Gasteiger charge is -1.95. The number of fused-ring (bicyclic) bond motifs is 1. The quantitative estimate of drug-likeness (QED) is 0.698. The molecule has 0 unspecified atom stereocenters. The summed E-state index contributed by atoms with van der Waals surface area (Å²) in [6, 6.07) is 3.90. The third kappa shape index (κ3) is 3.53. The highest BCUT2D eigenvalue weighted by atomic mass is 35.5. The van der Waals surface area contributed by atoms with Crippen LogP contribution in [0, 0.1) is 13.8 Å². The molecule has 1 heterocycles. The van der Waals surface area contributed by atoms with Gasteiger partial charge in [0, 0.05) is 5.02 Å². The minimum Gasteiger partial charge on any atom is -0.342 e. The Morgan fingerprint density at radius 1 is 1.06 bits per heavy atom. The minimum atomic E-state index is 0.772. The Balaban J connectivity index is 0.000000509. The first kappa shape index (κ1) is 15.0. The van der Waals surface area contributed by atoms with Crippen molar-refractivity contribution in [1.29, 1.82) is 0 Å². The highest BCUT2D eigenvalue weighted by Gasteiger charge is 2.02. The number of aromatic nitrogens is 2. The van der Waals surface area contributed by atoms with Crippen molar-refractivity contribution in [3.63, 3.8) is 0 Å². The fourth-order valence-electron chi connectivity index (χ4n) is 1.27. The summed E-state index contributed by atoms with van der Waals surface area (Å²) in [5.41, 5.74) is 3.06. The Morgan fingerprint density at radius 2 is 1.62 bits per heavy atom. The molecule has 0 atom stereocenters. The van der Waals surface area contributed by atoms with E-state index in [9.17, 15) is 0 Å². The fraction of sp³-hybridized carbons (Fsp3) is 0.462. The number of rotatable bonds is 0. The van der Waals surface area contributed by atoms with Crippen LogP contribution >= 0.6 is 11.6 Å². The maximum atomic E-state index is 5.94. The van der Waals surface area contributed by atoms with Crippen LogP contribution in [0.15, 0.2) is 12.1 Å². The number of halogens is 1. The van der Waals surface area contributed by atoms with Crippen LogP contribution < -0.4 is 0 Å². The first-order valence-electron chi connectivity index (χ1n) is 5.79. The van der Waals surface area contributed by atoms with Crippen LogP contribution in [-0.4, -0.2) is 9.97 Å². The number of H-pyrrole nitrogens is 1. The number of nitrogens with zero attached hydrogens (tertiary/aromatic N) is 1. The van der Waals surface area contributed by atoms with Gasteiger partial charge in [0.25, 0.3) is 0 Å². The molecule has 0 spiro atoms. The molecule has 3 heteroatoms. The zero-order chi connectivity index (χ0) is 12.7. The topological polar surface area (TPSA) is 28.7 Å². The number of hydrogen-bond donors (Lipinski definition) is 1. The Morgan fingerprint density at radius 3 is 2.19 bits per heavy atom. The van der Waals surface area contributed by atoms with Gasteiger partial charge in [-0.2, -0.15) is 0 Å². The van der Waals surface area contributed by atoms with Crippen LogP contribution in [0.4, 0.5) is 0 Å². The largest absolute Gasteiger partial charge is 0.342 e. The smallest absolute Gasteiger partial charge is 0.104 e. The van der Waals surface area contributed by atoms with Gasteiger partial charge in [0.2, 0.25) is 0 Å². The molecule has 0 saturated heterocycles. The number of imidazole rings is 1. The highest BCUT2D eigenvalue weighted by Crippen LogP contribution is 2.21. The number of aryl methyl sites for hydroxylation is 2. The summed E-state index contributed by atoms with van der Waals surface area (Å²) >= 11 is 5.94. The van der Waals surface area contributed by atoms with Gasteiger partial charge in [-0.15, -0.1) is 0 Å². The fourth-order valence-corrected chi connectivity index (χ4v) is 1.43. The predicted octanol–water partition coefficient (Wildman–Crippen LogP) is 4.89. The van der Waals surface area contributed by atoms with Crippen LogP contribution in [0.1, 0.15) is 39.1 Å². The molecule has 0 aliphatic rings. The van der Waals surface area contributed by atoms with E-state index in [-0.39, 0.29) is 0 Å². The Bertz CT molecular complexity index is 394. The lowest BCUT2D eigenvalue weighted by molar-refractivity contribution is 1.17. The van der Waals surface area contributed by atoms with Crippen molar-refractivity contribution < 1.29 is 0 Å². The third-order valence-electron chi connectivity index (χ3n) is 1.88. The predicted molar refractivity (Wildman–Crippen MR) is 73.3 cm³/mol. The Kier molecular flexibility index (Phi) is 6.82. The van der Waals surface area contributed by atoms with E-state index in [0.717, 1.165) is 27.4 Å². The van der Waals surface area contributed by atoms with Crippen molar-refractivity contribution >= 4 is 22.6 Å². The standard InChI is InChI=1S/C9H9ClN2.2C2H6/c1-5-3-8-9(4-7(5)10)12-6(2)11-8;2*1-2/h3-4H,1-2H3,(H,11,12);2*1-2H3. The van der Waals surface area contributed by atoms with Gasteiger partial charge in [0.05, 0.1) is 11.0 Å². The molecule has 0 radical (unpaired) electrons. The van der Waals surface area contributed by atoms with Crippen LogP contribution in [0.2, 0.25) is 5.02 Å². The van der Waals surface area contributed by atoms with E-state index in [1.807, 2.05) is 53.7 Å². The Labute approximate surface area is 103 Å². The van der Waals surface area contributed by atoms with E-state index in [0.29, 0.717) is 0 Å². The minimum absolute atomic E-state index is 0.772. The van der Waals surface area contributed by atoms with Crippen molar-refractivity contribution in [2.45, 2.75) is 41.5 Å². The van der Waals surface area contributed by atoms with Crippen molar-refractivity contribution in [3.05, 3.63) is 28.5 Å². The van der Waals surface area contributed by atoms with Gasteiger partial charge in [0.15, 0.2) is 0 Å². The number of benzene rings is 1. The van der Waals surface area contributed by atoms with Crippen molar-refractivity contribution in [1.82, 2.24) is 9.97 Å². The summed E-state index contributed by atoms with van der Waals surface area (Å²) in [5.74, 6) is 0.923. The number of nitrogens with one attached hydrogen (secondary N) is 1. The van der Waals surface area contributed by atoms with E-state index in [1.54, 1.807) is 0 Å². The summed E-state index contributed by atoms with van der Waals surface area (Å²) < 4.78 is 0. The average Bonchev–Trinajstić information content (AvgIpc) is 2.64. The van der Waals surface area contributed by atoms with Crippen molar-refractivity contribution in [2.24, 2.45) is 0 Å². The highest BCUT2D eigenvalue weighted by molar-refractivity contribution is 6.32. The van der Waals surface area contributed by atoms with E-state index in [1.165, 1.54) is 0 Å². The lowest BCUT2D eigenvalue weighted by atomic mass is 10.2. The van der Waals surface area contributed by atoms with Crippen LogP contribution in [-0.2, 0) is 0 Å². The summed E-state index contributed by atoms with van der Waals surface area (Å²) in [6.07, 6.45) is 0. The van der Waals surface area contributed by atoms with Gasteiger partial charge >= 0.3 is 0 Å². The molecule has 1 N–H and O–H groups in total. The molecule has 0 aliphatic heterocycles. The summed E-state index contributed by atoms with van der Waals surface area (Å²) in [5, 5.41) is 0.772. The van der Waals surface area contributed by atoms with E-state index in [4.69, 9.17) is 11.6 Å². The molecule has 1 aromatic heterocycles. The van der Waals surface area contributed by atoms with E-state index in [2.05, 4.69) is 9.97 Å². The van der Waals surface area contributed by atoms with Crippen LogP contribution in [0.5, 0.6) is 0 Å². The average molecular weight is 241 g/mol. The van der Waals surface area contributed by atoms with Crippen LogP contribution in [0.3, 0.4) is 0 Å². The first-order chi connectivity index (χ1) is 7.66. The van der Waals surface area contributed by atoms with Crippen molar-refractivity contribution in [2.75, 3.05) is 0 Å². The summed E-state index contributed by atoms with van der Waals surface area (Å²) in [4.78, 5) is 7.43.